The fourth-order valence-corrected chi connectivity index (χ4v) is 6.29. The number of aliphatic hydroxyl groups is 1. The zero-order valence-corrected chi connectivity index (χ0v) is 25.6. The van der Waals surface area contributed by atoms with E-state index in [9.17, 15) is 14.5 Å². The van der Waals surface area contributed by atoms with E-state index in [1.807, 2.05) is 17.9 Å². The van der Waals surface area contributed by atoms with Crippen LogP contribution >= 0.6 is 7.75 Å². The molecule has 1 aliphatic carbocycles. The summed E-state index contributed by atoms with van der Waals surface area (Å²) in [5, 5.41) is 13.6. The van der Waals surface area contributed by atoms with E-state index >= 15 is 4.39 Å². The molecule has 3 heterocycles. The number of nitrogens with zero attached hydrogens (tertiary/aromatic N) is 5. The van der Waals surface area contributed by atoms with Crippen LogP contribution in [-0.4, -0.2) is 80.3 Å². The first-order chi connectivity index (χ1) is 20.8. The number of carbonyl (C=O) groups excluding carboxylic acids is 1. The van der Waals surface area contributed by atoms with Gasteiger partial charge in [-0.2, -0.15) is 15.1 Å². The van der Waals surface area contributed by atoms with E-state index in [4.69, 9.17) is 30.7 Å². The number of hydrogen-bond donors (Lipinski definition) is 3. The average Bonchev–Trinajstić information content (AvgIpc) is 3.70. The molecule has 1 aromatic carbocycles. The number of hydrogen-bond acceptors (Lipinski definition) is 12. The molecule has 3 aromatic rings. The van der Waals surface area contributed by atoms with Crippen LogP contribution in [0.1, 0.15) is 39.8 Å². The minimum Gasteiger partial charge on any atom is -0.462 e. The molecule has 1 aliphatic heterocycles. The van der Waals surface area contributed by atoms with Crippen molar-refractivity contribution in [1.29, 1.82) is 0 Å². The van der Waals surface area contributed by atoms with E-state index in [0.717, 1.165) is 12.8 Å². The number of ether oxygens (including phenoxy) is 2. The molecular weight excluding hydrogens is 596 g/mol. The second kappa shape index (κ2) is 12.3. The lowest BCUT2D eigenvalue weighted by Crippen LogP contribution is -2.42. The maximum absolute atomic E-state index is 16.4. The van der Waals surface area contributed by atoms with Crippen LogP contribution in [0.4, 0.5) is 16.2 Å². The van der Waals surface area contributed by atoms with Crippen molar-refractivity contribution in [2.24, 2.45) is 0 Å². The van der Waals surface area contributed by atoms with Gasteiger partial charge in [-0.15, -0.1) is 6.42 Å². The van der Waals surface area contributed by atoms with Gasteiger partial charge in [0.2, 0.25) is 11.6 Å². The Morgan fingerprint density at radius 1 is 1.34 bits per heavy atom. The van der Waals surface area contributed by atoms with Gasteiger partial charge in [0.1, 0.15) is 24.0 Å². The Hall–Kier alpha value is -3.80. The molecular formula is C28H35FN7O7P. The molecule has 236 valence electrons. The fourth-order valence-electron chi connectivity index (χ4n) is 4.79. The highest BCUT2D eigenvalue weighted by Gasteiger charge is 2.58. The highest BCUT2D eigenvalue weighted by atomic mass is 31.2. The van der Waals surface area contributed by atoms with E-state index < -0.39 is 56.6 Å². The molecule has 2 aliphatic rings. The van der Waals surface area contributed by atoms with Gasteiger partial charge < -0.3 is 29.7 Å². The number of terminal acetylenes is 1. The third kappa shape index (κ3) is 6.36. The number of nitrogen functional groups attached to an aromatic ring is 1. The molecule has 0 amide bonds. The lowest BCUT2D eigenvalue weighted by molar-refractivity contribution is -0.149. The Balaban J connectivity index is 1.40. The van der Waals surface area contributed by atoms with Crippen molar-refractivity contribution in [3.63, 3.8) is 0 Å². The van der Waals surface area contributed by atoms with Gasteiger partial charge in [-0.25, -0.2) is 13.9 Å². The Morgan fingerprint density at radius 2 is 2.05 bits per heavy atom. The number of nitrogens with one attached hydrogen (secondary N) is 1. The number of imidazole rings is 1. The van der Waals surface area contributed by atoms with Crippen molar-refractivity contribution >= 4 is 36.6 Å². The van der Waals surface area contributed by atoms with E-state index in [1.54, 1.807) is 32.0 Å². The number of aromatic nitrogens is 4. The molecule has 6 atom stereocenters. The molecule has 4 N–H and O–H groups in total. The summed E-state index contributed by atoms with van der Waals surface area (Å²) in [5.41, 5.74) is 3.70. The summed E-state index contributed by atoms with van der Waals surface area (Å²) in [5.74, 6) is 1.86. The molecule has 1 saturated heterocycles. The summed E-state index contributed by atoms with van der Waals surface area (Å²) < 4.78 is 53.8. The van der Waals surface area contributed by atoms with E-state index in [0.29, 0.717) is 11.3 Å². The Bertz CT molecular complexity index is 1600. The molecule has 2 fully saturated rings. The van der Waals surface area contributed by atoms with Crippen molar-refractivity contribution in [2.75, 3.05) is 24.3 Å². The van der Waals surface area contributed by atoms with Gasteiger partial charge in [-0.1, -0.05) is 24.1 Å². The number of fused-ring (bicyclic) bond motifs is 1. The second-order valence-corrected chi connectivity index (χ2v) is 12.7. The number of halogens is 1. The summed E-state index contributed by atoms with van der Waals surface area (Å²) in [6.07, 6.45) is 3.44. The van der Waals surface area contributed by atoms with Gasteiger partial charge in [0.05, 0.1) is 19.0 Å². The maximum atomic E-state index is 16.4. The van der Waals surface area contributed by atoms with Crippen molar-refractivity contribution in [2.45, 2.75) is 75.9 Å². The normalized spacial score (nSPS) is 25.4. The van der Waals surface area contributed by atoms with Gasteiger partial charge in [-0.3, -0.25) is 13.9 Å². The summed E-state index contributed by atoms with van der Waals surface area (Å²) in [6, 6.07) is 7.23. The molecule has 5 rings (SSSR count). The van der Waals surface area contributed by atoms with Gasteiger partial charge in [0, 0.05) is 13.1 Å². The molecule has 0 bridgehead atoms. The van der Waals surface area contributed by atoms with Crippen LogP contribution in [0, 0.1) is 12.3 Å². The Kier molecular flexibility index (Phi) is 8.84. The number of anilines is 2. The van der Waals surface area contributed by atoms with Gasteiger partial charge in [0.25, 0.3) is 0 Å². The summed E-state index contributed by atoms with van der Waals surface area (Å²) in [7, 11) is -2.49. The number of benzene rings is 1. The SMILES string of the molecule is C#C[C@@]1(F)[C@H](O)[C@@H](COP(=O)(N[C@H](C)C(=O)OC(C)C)Oc2ccccc2)O[C@H]1n1cnc2c(N(C)C3CC3)nc(N)nc21. The average molecular weight is 632 g/mol. The van der Waals surface area contributed by atoms with Crippen LogP contribution in [0.3, 0.4) is 0 Å². The van der Waals surface area contributed by atoms with Crippen LogP contribution in [-0.2, 0) is 23.4 Å². The molecule has 1 unspecified atom stereocenters. The molecule has 14 nitrogen and oxygen atoms in total. The standard InChI is InChI=1S/C28H35FN7O7P/c1-6-28(29)22(37)20(14-40-44(39,43-19-10-8-7-9-11-19)34-17(4)25(38)41-16(2)3)42-26(28)36-15-31-21-23(35(5)18-12-13-18)32-27(30)33-24(21)36/h1,7-11,15-18,20,22,26,37H,12-14H2,2-5H3,(H,34,39)(H2,30,32,33)/t17-,20-,22-,26-,28-,44?/m1/s1. The van der Waals surface area contributed by atoms with E-state index in [2.05, 4.69) is 20.0 Å². The number of carbonyl (C=O) groups is 1. The first-order valence-electron chi connectivity index (χ1n) is 14.1. The largest absolute Gasteiger partial charge is 0.462 e. The highest BCUT2D eigenvalue weighted by molar-refractivity contribution is 7.52. The fraction of sp³-hybridized carbons (Fsp3) is 0.500. The van der Waals surface area contributed by atoms with Crippen LogP contribution in [0.15, 0.2) is 36.7 Å². The van der Waals surface area contributed by atoms with Crippen LogP contribution in [0.2, 0.25) is 0 Å². The quantitative estimate of drug-likeness (QED) is 0.151. The van der Waals surface area contributed by atoms with Crippen molar-refractivity contribution < 1.29 is 37.4 Å². The lowest BCUT2D eigenvalue weighted by Gasteiger charge is -2.25. The third-order valence-electron chi connectivity index (χ3n) is 7.20. The minimum absolute atomic E-state index is 0.0690. The van der Waals surface area contributed by atoms with Crippen LogP contribution in [0.5, 0.6) is 5.75 Å². The summed E-state index contributed by atoms with van der Waals surface area (Å²) >= 11 is 0. The number of para-hydroxylation sites is 1. The predicted molar refractivity (Wildman–Crippen MR) is 158 cm³/mol. The first kappa shape index (κ1) is 31.6. The molecule has 16 heteroatoms. The number of esters is 1. The van der Waals surface area contributed by atoms with Crippen molar-refractivity contribution in [3.05, 3.63) is 36.7 Å². The number of alkyl halides is 1. The van der Waals surface area contributed by atoms with Crippen molar-refractivity contribution in [3.8, 4) is 18.1 Å². The summed E-state index contributed by atoms with van der Waals surface area (Å²) in [6.45, 7) is 4.11. The van der Waals surface area contributed by atoms with Gasteiger partial charge in [-0.05, 0) is 45.7 Å². The topological polar surface area (TPSA) is 176 Å². The highest BCUT2D eigenvalue weighted by Crippen LogP contribution is 2.48. The van der Waals surface area contributed by atoms with Gasteiger partial charge >= 0.3 is 13.7 Å². The zero-order chi connectivity index (χ0) is 31.8. The minimum atomic E-state index is -4.35. The van der Waals surface area contributed by atoms with Crippen LogP contribution < -0.4 is 20.2 Å². The number of nitrogens with two attached hydrogens (primary N) is 1. The molecule has 44 heavy (non-hydrogen) atoms. The molecule has 0 radical (unpaired) electrons. The molecule has 0 spiro atoms. The monoisotopic (exact) mass is 631 g/mol. The predicted octanol–water partition coefficient (Wildman–Crippen LogP) is 2.74. The number of rotatable bonds is 12. The zero-order valence-electron chi connectivity index (χ0n) is 24.7. The smallest absolute Gasteiger partial charge is 0.459 e. The lowest BCUT2D eigenvalue weighted by atomic mass is 9.97. The van der Waals surface area contributed by atoms with Gasteiger partial charge in [0.15, 0.2) is 23.2 Å². The number of aliphatic hydroxyl groups excluding tert-OH is 1. The van der Waals surface area contributed by atoms with Crippen molar-refractivity contribution in [1.82, 2.24) is 24.6 Å². The molecule has 2 aromatic heterocycles. The first-order valence-corrected chi connectivity index (χ1v) is 15.6. The Labute approximate surface area is 253 Å². The third-order valence-corrected chi connectivity index (χ3v) is 8.85. The van der Waals surface area contributed by atoms with Crippen LogP contribution in [0.25, 0.3) is 11.2 Å². The molecule has 1 saturated carbocycles. The van der Waals surface area contributed by atoms with E-state index in [1.165, 1.54) is 30.0 Å². The van der Waals surface area contributed by atoms with E-state index in [-0.39, 0.29) is 23.4 Å². The Morgan fingerprint density at radius 3 is 2.68 bits per heavy atom. The second-order valence-electron chi connectivity index (χ2n) is 11.0. The maximum Gasteiger partial charge on any atom is 0.459 e. The summed E-state index contributed by atoms with van der Waals surface area (Å²) in [4.78, 5) is 27.3.